The lowest BCUT2D eigenvalue weighted by Gasteiger charge is -2.36. The zero-order valence-electron chi connectivity index (χ0n) is 12.6. The Balaban J connectivity index is 1.96. The number of phenolic OH excluding ortho intramolecular Hbond substituents is 1. The number of cyclic esters (lactones) is 1. The number of hydrogen-bond donors (Lipinski definition) is 2. The van der Waals surface area contributed by atoms with Gasteiger partial charge in [0, 0.05) is 33.4 Å². The Morgan fingerprint density at radius 1 is 1.17 bits per heavy atom. The van der Waals surface area contributed by atoms with Crippen LogP contribution in [0.5, 0.6) is 5.75 Å². The number of Topliss-reactive ketones (excluding diaryl/α,β-unsaturated/α-hetero) is 1. The molecular formula is C17H14BrNO5. The number of nitrogens with one attached hydrogen (secondary N) is 1. The summed E-state index contributed by atoms with van der Waals surface area (Å²) in [5.41, 5.74) is 2.74. The van der Waals surface area contributed by atoms with Crippen molar-refractivity contribution in [2.24, 2.45) is 0 Å². The van der Waals surface area contributed by atoms with Gasteiger partial charge < -0.3 is 19.9 Å². The van der Waals surface area contributed by atoms with E-state index in [1.54, 1.807) is 18.2 Å². The van der Waals surface area contributed by atoms with Crippen LogP contribution in [0, 0.1) is 0 Å². The van der Waals surface area contributed by atoms with E-state index in [9.17, 15) is 14.7 Å². The number of aromatic hydroxyl groups is 1. The quantitative estimate of drug-likeness (QED) is 0.711. The minimum atomic E-state index is -0.655. The van der Waals surface area contributed by atoms with Crippen molar-refractivity contribution in [1.29, 1.82) is 0 Å². The molecule has 0 radical (unpaired) electrons. The molecule has 0 amide bonds. The van der Waals surface area contributed by atoms with Gasteiger partial charge in [0.1, 0.15) is 12.4 Å². The zero-order chi connectivity index (χ0) is 16.8. The van der Waals surface area contributed by atoms with Gasteiger partial charge >= 0.3 is 5.97 Å². The Hall–Kier alpha value is -2.12. The SMILES string of the molecule is O=C1COCC2=C1C(c1cc(Br)ccc1O)C1=C(CCOC1=O)N2. The normalized spacial score (nSPS) is 23.5. The number of carbonyl (C=O) groups excluding carboxylic acids is 2. The fourth-order valence-electron chi connectivity index (χ4n) is 3.41. The zero-order valence-corrected chi connectivity index (χ0v) is 14.2. The molecule has 0 saturated heterocycles. The molecule has 7 heteroatoms. The van der Waals surface area contributed by atoms with Gasteiger partial charge in [0.05, 0.1) is 24.7 Å². The Bertz CT molecular complexity index is 784. The monoisotopic (exact) mass is 391 g/mol. The molecule has 124 valence electrons. The fraction of sp³-hybridized carbons (Fsp3) is 0.294. The van der Waals surface area contributed by atoms with Gasteiger partial charge in [-0.3, -0.25) is 4.79 Å². The molecule has 3 aliphatic heterocycles. The van der Waals surface area contributed by atoms with Crippen molar-refractivity contribution in [2.45, 2.75) is 12.3 Å². The molecule has 0 spiro atoms. The van der Waals surface area contributed by atoms with E-state index in [0.29, 0.717) is 35.4 Å². The van der Waals surface area contributed by atoms with Gasteiger partial charge in [0.15, 0.2) is 5.78 Å². The van der Waals surface area contributed by atoms with Crippen LogP contribution in [0.1, 0.15) is 17.9 Å². The maximum Gasteiger partial charge on any atom is 0.336 e. The molecule has 2 N–H and O–H groups in total. The lowest BCUT2D eigenvalue weighted by atomic mass is 9.77. The van der Waals surface area contributed by atoms with Gasteiger partial charge in [-0.2, -0.15) is 0 Å². The van der Waals surface area contributed by atoms with Crippen molar-refractivity contribution in [3.8, 4) is 5.75 Å². The van der Waals surface area contributed by atoms with Crippen molar-refractivity contribution >= 4 is 27.7 Å². The van der Waals surface area contributed by atoms with Crippen LogP contribution in [-0.4, -0.2) is 36.7 Å². The second kappa shape index (κ2) is 5.75. The summed E-state index contributed by atoms with van der Waals surface area (Å²) >= 11 is 3.38. The number of hydrogen-bond acceptors (Lipinski definition) is 6. The molecule has 6 nitrogen and oxygen atoms in total. The number of phenols is 1. The molecule has 1 aromatic carbocycles. The van der Waals surface area contributed by atoms with Crippen LogP contribution in [0.2, 0.25) is 0 Å². The number of rotatable bonds is 1. The third-order valence-corrected chi connectivity index (χ3v) is 4.91. The molecule has 1 atom stereocenters. The first-order chi connectivity index (χ1) is 11.6. The van der Waals surface area contributed by atoms with Crippen LogP contribution in [-0.2, 0) is 19.1 Å². The third kappa shape index (κ3) is 2.35. The number of halogens is 1. The predicted molar refractivity (Wildman–Crippen MR) is 87.1 cm³/mol. The van der Waals surface area contributed by atoms with Crippen LogP contribution in [0.3, 0.4) is 0 Å². The lowest BCUT2D eigenvalue weighted by Crippen LogP contribution is -2.40. The summed E-state index contributed by atoms with van der Waals surface area (Å²) in [5.74, 6) is -1.28. The molecule has 3 heterocycles. The number of carbonyl (C=O) groups is 2. The third-order valence-electron chi connectivity index (χ3n) is 4.42. The molecule has 0 aromatic heterocycles. The van der Waals surface area contributed by atoms with Crippen molar-refractivity contribution < 1.29 is 24.2 Å². The summed E-state index contributed by atoms with van der Waals surface area (Å²) in [6.07, 6.45) is 0.539. The Morgan fingerprint density at radius 3 is 2.83 bits per heavy atom. The van der Waals surface area contributed by atoms with E-state index in [4.69, 9.17) is 9.47 Å². The van der Waals surface area contributed by atoms with E-state index in [1.807, 2.05) is 0 Å². The standard InChI is InChI=1S/C17H14BrNO5/c18-8-1-2-12(20)9(5-8)14-15-11(6-23-7-13(15)21)19-10-3-4-24-17(22)16(10)14/h1-2,5,14,19-20H,3-4,6-7H2. The Kier molecular flexibility index (Phi) is 3.69. The molecule has 1 unspecified atom stereocenters. The van der Waals surface area contributed by atoms with Gasteiger partial charge in [-0.15, -0.1) is 0 Å². The first kappa shape index (κ1) is 15.4. The first-order valence-electron chi connectivity index (χ1n) is 7.56. The summed E-state index contributed by atoms with van der Waals surface area (Å²) in [7, 11) is 0. The first-order valence-corrected chi connectivity index (χ1v) is 8.35. The molecular weight excluding hydrogens is 378 g/mol. The van der Waals surface area contributed by atoms with Crippen LogP contribution >= 0.6 is 15.9 Å². The van der Waals surface area contributed by atoms with Crippen molar-refractivity contribution in [3.63, 3.8) is 0 Å². The van der Waals surface area contributed by atoms with Crippen LogP contribution in [0.15, 0.2) is 45.2 Å². The summed E-state index contributed by atoms with van der Waals surface area (Å²) in [6.45, 7) is 0.529. The molecule has 1 aromatic rings. The predicted octanol–water partition coefficient (Wildman–Crippen LogP) is 1.90. The molecule has 0 bridgehead atoms. The average Bonchev–Trinajstić information content (AvgIpc) is 2.56. The summed E-state index contributed by atoms with van der Waals surface area (Å²) in [5, 5.41) is 13.5. The van der Waals surface area contributed by atoms with Gasteiger partial charge in [-0.1, -0.05) is 15.9 Å². The summed E-state index contributed by atoms with van der Waals surface area (Å²) in [6, 6.07) is 4.97. The molecule has 3 aliphatic rings. The van der Waals surface area contributed by atoms with E-state index < -0.39 is 11.9 Å². The molecule has 0 fully saturated rings. The Morgan fingerprint density at radius 2 is 2.00 bits per heavy atom. The molecule has 4 rings (SSSR count). The number of ketones is 1. The largest absolute Gasteiger partial charge is 0.508 e. The van der Waals surface area contributed by atoms with Crippen molar-refractivity contribution in [3.05, 3.63) is 50.8 Å². The summed E-state index contributed by atoms with van der Waals surface area (Å²) in [4.78, 5) is 24.9. The second-order valence-electron chi connectivity index (χ2n) is 5.85. The average molecular weight is 392 g/mol. The number of ether oxygens (including phenoxy) is 2. The molecule has 0 saturated carbocycles. The van der Waals surface area contributed by atoms with E-state index in [2.05, 4.69) is 21.2 Å². The highest BCUT2D eigenvalue weighted by Gasteiger charge is 2.42. The van der Waals surface area contributed by atoms with Gasteiger partial charge in [-0.25, -0.2) is 4.79 Å². The molecule has 24 heavy (non-hydrogen) atoms. The number of dihydropyridines is 1. The highest BCUT2D eigenvalue weighted by molar-refractivity contribution is 9.10. The second-order valence-corrected chi connectivity index (χ2v) is 6.76. The van der Waals surface area contributed by atoms with Gasteiger partial charge in [-0.05, 0) is 18.2 Å². The van der Waals surface area contributed by atoms with Gasteiger partial charge in [0.2, 0.25) is 0 Å². The fourth-order valence-corrected chi connectivity index (χ4v) is 3.78. The van der Waals surface area contributed by atoms with Crippen LogP contribution in [0.4, 0.5) is 0 Å². The van der Waals surface area contributed by atoms with E-state index in [1.165, 1.54) is 0 Å². The number of esters is 1. The Labute approximate surface area is 146 Å². The number of benzene rings is 1. The maximum atomic E-state index is 12.5. The van der Waals surface area contributed by atoms with Crippen molar-refractivity contribution in [1.82, 2.24) is 5.32 Å². The van der Waals surface area contributed by atoms with Crippen LogP contribution in [0.25, 0.3) is 0 Å². The highest BCUT2D eigenvalue weighted by atomic mass is 79.9. The highest BCUT2D eigenvalue weighted by Crippen LogP contribution is 2.45. The van der Waals surface area contributed by atoms with Crippen LogP contribution < -0.4 is 5.32 Å². The summed E-state index contributed by atoms with van der Waals surface area (Å²) < 4.78 is 11.3. The smallest absolute Gasteiger partial charge is 0.336 e. The minimum absolute atomic E-state index is 0.0291. The van der Waals surface area contributed by atoms with E-state index in [0.717, 1.165) is 10.2 Å². The topological polar surface area (TPSA) is 84.9 Å². The van der Waals surface area contributed by atoms with Gasteiger partial charge in [0.25, 0.3) is 0 Å². The minimum Gasteiger partial charge on any atom is -0.508 e. The van der Waals surface area contributed by atoms with E-state index in [-0.39, 0.29) is 24.7 Å². The van der Waals surface area contributed by atoms with E-state index >= 15 is 0 Å². The lowest BCUT2D eigenvalue weighted by molar-refractivity contribution is -0.140. The maximum absolute atomic E-state index is 12.5. The van der Waals surface area contributed by atoms with Crippen molar-refractivity contribution in [2.75, 3.05) is 19.8 Å². The molecule has 0 aliphatic carbocycles.